The number of pyridine rings is 1. The molecule has 0 fully saturated rings. The first kappa shape index (κ1) is 21.4. The van der Waals surface area contributed by atoms with Crippen molar-refractivity contribution in [1.82, 2.24) is 23.6 Å². The predicted octanol–water partition coefficient (Wildman–Crippen LogP) is 1.86. The quantitative estimate of drug-likeness (QED) is 0.703. The number of aromatic amines is 1. The molecular weight excluding hydrogens is 425 g/mol. The summed E-state index contributed by atoms with van der Waals surface area (Å²) in [6.07, 6.45) is 2.77. The van der Waals surface area contributed by atoms with E-state index in [9.17, 15) is 17.6 Å². The Morgan fingerprint density at radius 2 is 2.21 bits per heavy atom. The molecule has 2 N–H and O–H groups in total. The molecule has 9 nitrogen and oxygen atoms in total. The number of carboxylic acid groups (broad SMARTS) is 1. The minimum absolute atomic E-state index is 0.0548. The van der Waals surface area contributed by atoms with E-state index in [-0.39, 0.29) is 24.2 Å². The second-order valence-electron chi connectivity index (χ2n) is 6.64. The molecule has 1 aliphatic heterocycles. The lowest BCUT2D eigenvalue weighted by atomic mass is 9.95. The fourth-order valence-corrected chi connectivity index (χ4v) is 4.63. The zero-order valence-corrected chi connectivity index (χ0v) is 17.2. The highest BCUT2D eigenvalue weighted by atomic mass is 35.5. The highest BCUT2D eigenvalue weighted by molar-refractivity contribution is 7.86. The molecule has 1 atom stereocenters. The Balaban J connectivity index is 1.85. The van der Waals surface area contributed by atoms with Gasteiger partial charge in [0.25, 0.3) is 10.2 Å². The SMILES string of the molecule is C[C@H]1CN(S(=O)(=O)N(C)CC(=O)O)CC=C1c1nc(-c2ccc(F)cn2)[nH]c1Cl. The van der Waals surface area contributed by atoms with Gasteiger partial charge in [-0.25, -0.2) is 14.4 Å². The number of H-pyrrole nitrogens is 1. The van der Waals surface area contributed by atoms with E-state index in [1.54, 1.807) is 6.08 Å². The summed E-state index contributed by atoms with van der Waals surface area (Å²) < 4.78 is 40.2. The Morgan fingerprint density at radius 3 is 2.79 bits per heavy atom. The molecule has 3 rings (SSSR count). The van der Waals surface area contributed by atoms with Crippen LogP contribution in [0.4, 0.5) is 4.39 Å². The van der Waals surface area contributed by atoms with Gasteiger partial charge in [-0.1, -0.05) is 24.6 Å². The summed E-state index contributed by atoms with van der Waals surface area (Å²) >= 11 is 6.29. The summed E-state index contributed by atoms with van der Waals surface area (Å²) in [6.45, 7) is 1.40. The van der Waals surface area contributed by atoms with E-state index in [0.29, 0.717) is 17.2 Å². The number of likely N-dealkylation sites (N-methyl/N-ethyl adjacent to an activating group) is 1. The van der Waals surface area contributed by atoms with Gasteiger partial charge in [0.2, 0.25) is 0 Å². The molecule has 2 aromatic rings. The third kappa shape index (κ3) is 4.47. The smallest absolute Gasteiger partial charge is 0.318 e. The van der Waals surface area contributed by atoms with Gasteiger partial charge in [0.05, 0.1) is 6.20 Å². The van der Waals surface area contributed by atoms with Crippen molar-refractivity contribution in [2.45, 2.75) is 6.92 Å². The number of aliphatic carboxylic acids is 1. The Labute approximate surface area is 172 Å². The van der Waals surface area contributed by atoms with Crippen molar-refractivity contribution in [3.8, 4) is 11.5 Å². The number of carbonyl (C=O) groups is 1. The minimum Gasteiger partial charge on any atom is -0.480 e. The molecular formula is C17H19ClFN5O4S. The van der Waals surface area contributed by atoms with Crippen LogP contribution < -0.4 is 0 Å². The third-order valence-corrected chi connectivity index (χ3v) is 6.65. The monoisotopic (exact) mass is 443 g/mol. The molecule has 0 bridgehead atoms. The zero-order chi connectivity index (χ0) is 21.3. The summed E-state index contributed by atoms with van der Waals surface area (Å²) in [4.78, 5) is 22.1. The molecule has 2 aromatic heterocycles. The maximum atomic E-state index is 13.1. The Hall–Kier alpha value is -2.34. The molecule has 0 unspecified atom stereocenters. The number of halogens is 2. The van der Waals surface area contributed by atoms with Gasteiger partial charge in [-0.3, -0.25) is 4.79 Å². The zero-order valence-electron chi connectivity index (χ0n) is 15.6. The van der Waals surface area contributed by atoms with E-state index in [0.717, 1.165) is 16.1 Å². The van der Waals surface area contributed by atoms with E-state index < -0.39 is 28.5 Å². The second-order valence-corrected chi connectivity index (χ2v) is 9.06. The van der Waals surface area contributed by atoms with Crippen molar-refractivity contribution in [1.29, 1.82) is 0 Å². The van der Waals surface area contributed by atoms with Crippen molar-refractivity contribution in [3.05, 3.63) is 41.1 Å². The van der Waals surface area contributed by atoms with E-state index in [2.05, 4.69) is 15.0 Å². The number of rotatable bonds is 6. The summed E-state index contributed by atoms with van der Waals surface area (Å²) in [6, 6.07) is 2.73. The van der Waals surface area contributed by atoms with E-state index in [4.69, 9.17) is 16.7 Å². The molecule has 12 heteroatoms. The molecule has 1 aliphatic rings. The van der Waals surface area contributed by atoms with Crippen molar-refractivity contribution >= 4 is 33.4 Å². The predicted molar refractivity (Wildman–Crippen MR) is 105 cm³/mol. The van der Waals surface area contributed by atoms with Crippen molar-refractivity contribution in [2.24, 2.45) is 5.92 Å². The Bertz CT molecular complexity index is 1050. The van der Waals surface area contributed by atoms with Crippen LogP contribution in [0.5, 0.6) is 0 Å². The number of imidazole rings is 1. The topological polar surface area (TPSA) is 119 Å². The molecule has 3 heterocycles. The van der Waals surface area contributed by atoms with Crippen LogP contribution in [0, 0.1) is 11.7 Å². The van der Waals surface area contributed by atoms with Crippen LogP contribution in [0.3, 0.4) is 0 Å². The number of nitrogens with zero attached hydrogens (tertiary/aromatic N) is 4. The first-order valence-electron chi connectivity index (χ1n) is 8.60. The maximum absolute atomic E-state index is 13.1. The number of hydrogen-bond donors (Lipinski definition) is 2. The summed E-state index contributed by atoms with van der Waals surface area (Å²) in [5.41, 5.74) is 1.64. The number of carboxylic acids is 1. The fraction of sp³-hybridized carbons (Fsp3) is 0.353. The van der Waals surface area contributed by atoms with Crippen LogP contribution in [0.2, 0.25) is 5.15 Å². The van der Waals surface area contributed by atoms with Crippen molar-refractivity contribution < 1.29 is 22.7 Å². The molecule has 156 valence electrons. The van der Waals surface area contributed by atoms with Crippen molar-refractivity contribution in [2.75, 3.05) is 26.7 Å². The molecule has 0 saturated heterocycles. The lowest BCUT2D eigenvalue weighted by Gasteiger charge is -2.32. The highest BCUT2D eigenvalue weighted by Crippen LogP contribution is 2.33. The van der Waals surface area contributed by atoms with Crippen LogP contribution in [0.15, 0.2) is 24.4 Å². The highest BCUT2D eigenvalue weighted by Gasteiger charge is 2.33. The van der Waals surface area contributed by atoms with E-state index >= 15 is 0 Å². The molecule has 0 spiro atoms. The van der Waals surface area contributed by atoms with Gasteiger partial charge in [0.15, 0.2) is 5.82 Å². The van der Waals surface area contributed by atoms with Crippen molar-refractivity contribution in [3.63, 3.8) is 0 Å². The molecule has 29 heavy (non-hydrogen) atoms. The summed E-state index contributed by atoms with van der Waals surface area (Å²) in [5.74, 6) is -1.58. The standard InChI is InChI=1S/C17H19ClFN5O4S/c1-10-8-24(29(27,28)23(2)9-14(25)26)6-5-12(10)15-16(18)22-17(21-15)13-4-3-11(19)7-20-13/h3-5,7,10H,6,8-9H2,1-2H3,(H,21,22)(H,25,26)/t10-/m0/s1. The molecule has 0 aromatic carbocycles. The Morgan fingerprint density at radius 1 is 1.48 bits per heavy atom. The minimum atomic E-state index is -3.91. The second kappa shape index (κ2) is 8.19. The molecule has 0 radical (unpaired) electrons. The maximum Gasteiger partial charge on any atom is 0.318 e. The first-order chi connectivity index (χ1) is 13.6. The Kier molecular flexibility index (Phi) is 6.03. The van der Waals surface area contributed by atoms with Crippen LogP contribution in [-0.2, 0) is 15.0 Å². The van der Waals surface area contributed by atoms with Gasteiger partial charge in [-0.2, -0.15) is 17.0 Å². The number of hydrogen-bond acceptors (Lipinski definition) is 5. The number of nitrogens with one attached hydrogen (secondary N) is 1. The van der Waals surface area contributed by atoms with Gasteiger partial charge in [-0.15, -0.1) is 0 Å². The lowest BCUT2D eigenvalue weighted by Crippen LogP contribution is -2.47. The molecule has 0 saturated carbocycles. The fourth-order valence-electron chi connectivity index (χ4n) is 3.05. The van der Waals surface area contributed by atoms with Gasteiger partial charge >= 0.3 is 5.97 Å². The molecule has 0 aliphatic carbocycles. The average Bonchev–Trinajstić information content (AvgIpc) is 3.03. The number of aromatic nitrogens is 3. The van der Waals surface area contributed by atoms with Crippen LogP contribution in [-0.4, -0.2) is 69.7 Å². The van der Waals surface area contributed by atoms with Gasteiger partial charge in [-0.05, 0) is 23.6 Å². The largest absolute Gasteiger partial charge is 0.480 e. The third-order valence-electron chi connectivity index (χ3n) is 4.50. The lowest BCUT2D eigenvalue weighted by molar-refractivity contribution is -0.137. The molecule has 0 amide bonds. The van der Waals surface area contributed by atoms with Crippen LogP contribution in [0.1, 0.15) is 12.6 Å². The van der Waals surface area contributed by atoms with Crippen LogP contribution >= 0.6 is 11.6 Å². The van der Waals surface area contributed by atoms with Gasteiger partial charge in [0.1, 0.15) is 28.9 Å². The van der Waals surface area contributed by atoms with Gasteiger partial charge < -0.3 is 10.1 Å². The first-order valence-corrected chi connectivity index (χ1v) is 10.4. The summed E-state index contributed by atoms with van der Waals surface area (Å²) in [7, 11) is -2.69. The normalized spacial score (nSPS) is 18.1. The van der Waals surface area contributed by atoms with E-state index in [1.807, 2.05) is 6.92 Å². The average molecular weight is 444 g/mol. The summed E-state index contributed by atoms with van der Waals surface area (Å²) in [5, 5.41) is 9.11. The van der Waals surface area contributed by atoms with Gasteiger partial charge in [0, 0.05) is 20.1 Å². The van der Waals surface area contributed by atoms with E-state index in [1.165, 1.54) is 23.5 Å². The van der Waals surface area contributed by atoms with Crippen LogP contribution in [0.25, 0.3) is 17.1 Å².